The fourth-order valence-electron chi connectivity index (χ4n) is 0.148. The molecule has 0 heterocycles. The smallest absolute Gasteiger partial charge is 0.157 e. The highest BCUT2D eigenvalue weighted by atomic mass is 32.1. The molecule has 0 spiro atoms. The highest BCUT2D eigenvalue weighted by Crippen LogP contribution is 1.89. The molecule has 0 aromatic heterocycles. The van der Waals surface area contributed by atoms with Crippen LogP contribution in [0, 0.1) is 24.9 Å². The fourth-order valence-corrected chi connectivity index (χ4v) is 0.369. The molecular weight excluding hydrogens is 138 g/mol. The number of hydrogen-bond acceptors (Lipinski definition) is 1. The van der Waals surface area contributed by atoms with Gasteiger partial charge in [-0.1, -0.05) is 25.1 Å². The lowest BCUT2D eigenvalue weighted by Gasteiger charge is -2.01. The van der Waals surface area contributed by atoms with E-state index in [0.717, 1.165) is 4.90 Å². The van der Waals surface area contributed by atoms with E-state index >= 15 is 0 Å². The Kier molecular flexibility index (Phi) is 3.10. The van der Waals surface area contributed by atoms with Crippen LogP contribution in [0.3, 0.4) is 0 Å². The van der Waals surface area contributed by atoms with Crippen molar-refractivity contribution in [1.29, 1.82) is 0 Å². The third kappa shape index (κ3) is 1.88. The normalized spacial score (nSPS) is 6.38. The minimum absolute atomic E-state index is 0.218. The minimum Gasteiger partial charge on any atom is -0.211 e. The van der Waals surface area contributed by atoms with Gasteiger partial charge in [0.25, 0.3) is 0 Å². The Morgan fingerprint density at radius 1 is 1.50 bits per heavy atom. The van der Waals surface area contributed by atoms with E-state index in [0.29, 0.717) is 0 Å². The van der Waals surface area contributed by atoms with Gasteiger partial charge in [-0.25, -0.2) is 4.90 Å². The summed E-state index contributed by atoms with van der Waals surface area (Å²) in [5.74, 6) is 0. The van der Waals surface area contributed by atoms with Crippen LogP contribution in [0.25, 0.3) is 0 Å². The molecule has 40 valence electrons. The van der Waals surface area contributed by atoms with Crippen molar-refractivity contribution in [2.75, 3.05) is 0 Å². The first-order chi connectivity index (χ1) is 3.72. The Bertz CT molecular complexity index is 158. The molecule has 0 saturated heterocycles. The van der Waals surface area contributed by atoms with Crippen LogP contribution in [0.15, 0.2) is 0 Å². The van der Waals surface area contributed by atoms with Crippen molar-refractivity contribution < 1.29 is 0 Å². The molecule has 0 radical (unpaired) electrons. The van der Waals surface area contributed by atoms with E-state index < -0.39 is 0 Å². The Labute approximate surface area is 59.5 Å². The van der Waals surface area contributed by atoms with Crippen LogP contribution in [0.1, 0.15) is 0 Å². The second-order valence-electron chi connectivity index (χ2n) is 0.876. The largest absolute Gasteiger partial charge is 0.211 e. The average Bonchev–Trinajstić information content (AvgIpc) is 1.69. The summed E-state index contributed by atoms with van der Waals surface area (Å²) < 4.78 is 0.218. The molecule has 0 aliphatic heterocycles. The molecule has 0 aliphatic rings. The summed E-state index contributed by atoms with van der Waals surface area (Å²) in [4.78, 5) is 1.07. The molecular formula is C5H3NS2. The van der Waals surface area contributed by atoms with Gasteiger partial charge in [0.1, 0.15) is 0 Å². The van der Waals surface area contributed by atoms with Gasteiger partial charge in [0.15, 0.2) is 4.32 Å². The van der Waals surface area contributed by atoms with Crippen molar-refractivity contribution in [3.63, 3.8) is 0 Å². The van der Waals surface area contributed by atoms with Gasteiger partial charge in [0, 0.05) is 12.1 Å². The summed E-state index contributed by atoms with van der Waals surface area (Å²) in [5.41, 5.74) is 0. The number of hydrogen-bond donors (Lipinski definition) is 1. The predicted molar refractivity (Wildman–Crippen MR) is 41.1 cm³/mol. The Morgan fingerprint density at radius 2 is 1.88 bits per heavy atom. The number of terminal acetylenes is 2. The summed E-state index contributed by atoms with van der Waals surface area (Å²) in [7, 11) is 0. The Balaban J connectivity index is 4.02. The first kappa shape index (κ1) is 7.36. The summed E-state index contributed by atoms with van der Waals surface area (Å²) in [6, 6.07) is 4.26. The van der Waals surface area contributed by atoms with Crippen molar-refractivity contribution in [1.82, 2.24) is 4.90 Å². The van der Waals surface area contributed by atoms with Gasteiger partial charge in [0.05, 0.1) is 0 Å². The second kappa shape index (κ2) is 3.37. The number of thiocarbonyl (C=S) groups is 1. The molecule has 0 saturated carbocycles. The lowest BCUT2D eigenvalue weighted by atomic mass is 10.8. The maximum Gasteiger partial charge on any atom is 0.157 e. The molecule has 0 aromatic rings. The van der Waals surface area contributed by atoms with Crippen LogP contribution in [-0.4, -0.2) is 9.22 Å². The maximum absolute atomic E-state index is 4.88. The van der Waals surface area contributed by atoms with E-state index in [2.05, 4.69) is 36.9 Å². The third-order valence-electron chi connectivity index (χ3n) is 0.449. The van der Waals surface area contributed by atoms with E-state index in [-0.39, 0.29) is 4.32 Å². The Hall–Kier alpha value is -0.640. The molecule has 0 atom stereocenters. The van der Waals surface area contributed by atoms with Gasteiger partial charge in [0.2, 0.25) is 0 Å². The fraction of sp³-hybridized carbons (Fsp3) is 0. The van der Waals surface area contributed by atoms with Gasteiger partial charge in [-0.15, -0.1) is 12.6 Å². The molecule has 8 heavy (non-hydrogen) atoms. The van der Waals surface area contributed by atoms with Crippen molar-refractivity contribution in [3.05, 3.63) is 0 Å². The van der Waals surface area contributed by atoms with Crippen LogP contribution in [0.4, 0.5) is 0 Å². The zero-order valence-corrected chi connectivity index (χ0v) is 5.67. The van der Waals surface area contributed by atoms with E-state index in [1.54, 1.807) is 0 Å². The van der Waals surface area contributed by atoms with Crippen molar-refractivity contribution in [3.8, 4) is 24.9 Å². The van der Waals surface area contributed by atoms with E-state index in [4.69, 9.17) is 12.8 Å². The zero-order chi connectivity index (χ0) is 6.57. The molecule has 0 bridgehead atoms. The van der Waals surface area contributed by atoms with Crippen LogP contribution in [0.5, 0.6) is 0 Å². The summed E-state index contributed by atoms with van der Waals surface area (Å²) in [6.07, 6.45) is 9.76. The molecule has 0 fully saturated rings. The minimum atomic E-state index is 0.218. The first-order valence-corrected chi connectivity index (χ1v) is 2.53. The summed E-state index contributed by atoms with van der Waals surface area (Å²) >= 11 is 8.25. The summed E-state index contributed by atoms with van der Waals surface area (Å²) in [5, 5.41) is 0. The number of thiol groups is 1. The number of rotatable bonds is 0. The average molecular weight is 141 g/mol. The highest BCUT2D eigenvalue weighted by Gasteiger charge is 1.93. The lowest BCUT2D eigenvalue weighted by Crippen LogP contribution is -2.11. The van der Waals surface area contributed by atoms with Gasteiger partial charge < -0.3 is 0 Å². The molecule has 3 heteroatoms. The monoisotopic (exact) mass is 141 g/mol. The van der Waals surface area contributed by atoms with Crippen LogP contribution >= 0.6 is 24.8 Å². The molecule has 1 nitrogen and oxygen atoms in total. The number of nitrogens with zero attached hydrogens (tertiary/aromatic N) is 1. The highest BCUT2D eigenvalue weighted by molar-refractivity contribution is 8.11. The van der Waals surface area contributed by atoms with Crippen molar-refractivity contribution >= 4 is 29.2 Å². The van der Waals surface area contributed by atoms with Crippen molar-refractivity contribution in [2.24, 2.45) is 0 Å². The van der Waals surface area contributed by atoms with Crippen LogP contribution in [-0.2, 0) is 0 Å². The van der Waals surface area contributed by atoms with Gasteiger partial charge in [-0.05, 0) is 0 Å². The quantitative estimate of drug-likeness (QED) is 0.229. The molecule has 0 aliphatic carbocycles. The summed E-state index contributed by atoms with van der Waals surface area (Å²) in [6.45, 7) is 0. The molecule has 0 rings (SSSR count). The molecule has 0 unspecified atom stereocenters. The molecule has 0 amide bonds. The third-order valence-corrected chi connectivity index (χ3v) is 0.832. The van der Waals surface area contributed by atoms with Crippen molar-refractivity contribution in [2.45, 2.75) is 0 Å². The zero-order valence-electron chi connectivity index (χ0n) is 3.96. The van der Waals surface area contributed by atoms with E-state index in [9.17, 15) is 0 Å². The lowest BCUT2D eigenvalue weighted by molar-refractivity contribution is 0.890. The topological polar surface area (TPSA) is 3.24 Å². The van der Waals surface area contributed by atoms with Gasteiger partial charge in [-0.2, -0.15) is 0 Å². The van der Waals surface area contributed by atoms with E-state index in [1.165, 1.54) is 0 Å². The van der Waals surface area contributed by atoms with E-state index in [1.807, 2.05) is 0 Å². The van der Waals surface area contributed by atoms with Crippen LogP contribution < -0.4 is 0 Å². The van der Waals surface area contributed by atoms with Gasteiger partial charge >= 0.3 is 0 Å². The first-order valence-electron chi connectivity index (χ1n) is 1.68. The second-order valence-corrected chi connectivity index (χ2v) is 1.99. The Morgan fingerprint density at radius 3 is 1.88 bits per heavy atom. The van der Waals surface area contributed by atoms with Crippen LogP contribution in [0.2, 0.25) is 0 Å². The molecule has 0 aromatic carbocycles. The SMILES string of the molecule is C#CN(C#C)C(=S)S. The standard InChI is InChI=1S/C5H3NS2/c1-3-6(4-2)5(7)8/h1-2H,(H,7,8). The maximum atomic E-state index is 4.88. The predicted octanol–water partition coefficient (Wildman–Crippen LogP) is 0.684. The van der Waals surface area contributed by atoms with Gasteiger partial charge in [-0.3, -0.25) is 0 Å². The molecule has 0 N–H and O–H groups in total.